The summed E-state index contributed by atoms with van der Waals surface area (Å²) in [4.78, 5) is 11.5. The fourth-order valence-corrected chi connectivity index (χ4v) is 3.76. The standard InChI is InChI=1S/C17H26N2O6S/c1-2-24-9-4-8-19-26(22,23)14-6-7-16(15(11-14)17(20)21)18-12-13-5-3-10-25-13/h6-7,11,13,18-19H,2-5,8-10,12H2,1H3,(H,20,21). The summed E-state index contributed by atoms with van der Waals surface area (Å²) in [5, 5.41) is 12.5. The van der Waals surface area contributed by atoms with Crippen molar-refractivity contribution in [1.82, 2.24) is 4.72 Å². The Bertz CT molecular complexity index is 701. The Morgan fingerprint density at radius 2 is 2.23 bits per heavy atom. The molecule has 1 unspecified atom stereocenters. The normalized spacial score (nSPS) is 17.3. The number of carbonyl (C=O) groups is 1. The molecule has 2 rings (SSSR count). The van der Waals surface area contributed by atoms with Crippen LogP contribution in [0.5, 0.6) is 0 Å². The quantitative estimate of drug-likeness (QED) is 0.496. The van der Waals surface area contributed by atoms with Crippen molar-refractivity contribution in [2.75, 3.05) is 38.2 Å². The highest BCUT2D eigenvalue weighted by Gasteiger charge is 2.20. The van der Waals surface area contributed by atoms with Gasteiger partial charge in [-0.15, -0.1) is 0 Å². The summed E-state index contributed by atoms with van der Waals surface area (Å²) in [5.74, 6) is -1.19. The number of ether oxygens (including phenoxy) is 2. The monoisotopic (exact) mass is 386 g/mol. The number of hydrogen-bond donors (Lipinski definition) is 3. The molecule has 0 spiro atoms. The lowest BCUT2D eigenvalue weighted by atomic mass is 10.1. The van der Waals surface area contributed by atoms with E-state index in [0.717, 1.165) is 12.8 Å². The third kappa shape index (κ3) is 5.94. The lowest BCUT2D eigenvalue weighted by Gasteiger charge is -2.15. The van der Waals surface area contributed by atoms with Crippen LogP contribution < -0.4 is 10.0 Å². The minimum absolute atomic E-state index is 0.0482. The fraction of sp³-hybridized carbons (Fsp3) is 0.588. The summed E-state index contributed by atoms with van der Waals surface area (Å²) >= 11 is 0. The van der Waals surface area contributed by atoms with Crippen LogP contribution in [-0.2, 0) is 19.5 Å². The predicted octanol–water partition coefficient (Wildman–Crippen LogP) is 1.68. The zero-order valence-electron chi connectivity index (χ0n) is 14.9. The van der Waals surface area contributed by atoms with E-state index >= 15 is 0 Å². The first-order valence-electron chi connectivity index (χ1n) is 8.74. The number of aromatic carboxylic acids is 1. The van der Waals surface area contributed by atoms with Gasteiger partial charge in [-0.2, -0.15) is 0 Å². The lowest BCUT2D eigenvalue weighted by molar-refractivity contribution is 0.0697. The number of sulfonamides is 1. The molecule has 0 aliphatic carbocycles. The third-order valence-electron chi connectivity index (χ3n) is 4.04. The molecule has 0 bridgehead atoms. The second kappa shape index (κ2) is 9.86. The summed E-state index contributed by atoms with van der Waals surface area (Å²) in [6, 6.07) is 4.05. The number of rotatable bonds is 11. The second-order valence-corrected chi connectivity index (χ2v) is 7.74. The maximum Gasteiger partial charge on any atom is 0.337 e. The second-order valence-electron chi connectivity index (χ2n) is 5.98. The largest absolute Gasteiger partial charge is 0.478 e. The van der Waals surface area contributed by atoms with E-state index in [2.05, 4.69) is 10.0 Å². The minimum Gasteiger partial charge on any atom is -0.478 e. The highest BCUT2D eigenvalue weighted by molar-refractivity contribution is 7.89. The Morgan fingerprint density at radius 3 is 2.88 bits per heavy atom. The first kappa shape index (κ1) is 20.6. The zero-order chi connectivity index (χ0) is 19.0. The van der Waals surface area contributed by atoms with Crippen LogP contribution in [-0.4, -0.2) is 58.5 Å². The molecule has 1 aliphatic heterocycles. The molecule has 26 heavy (non-hydrogen) atoms. The molecule has 3 N–H and O–H groups in total. The summed E-state index contributed by atoms with van der Waals surface area (Å²) in [5.41, 5.74) is 0.295. The Hall–Kier alpha value is -1.68. The number of benzene rings is 1. The van der Waals surface area contributed by atoms with Crippen LogP contribution in [0.1, 0.15) is 36.5 Å². The van der Waals surface area contributed by atoms with Crippen molar-refractivity contribution < 1.29 is 27.8 Å². The van der Waals surface area contributed by atoms with Crippen molar-refractivity contribution in [3.05, 3.63) is 23.8 Å². The van der Waals surface area contributed by atoms with Crippen LogP contribution in [0.25, 0.3) is 0 Å². The smallest absolute Gasteiger partial charge is 0.337 e. The first-order chi connectivity index (χ1) is 12.4. The van der Waals surface area contributed by atoms with Crippen molar-refractivity contribution in [2.45, 2.75) is 37.2 Å². The summed E-state index contributed by atoms with van der Waals surface area (Å²) < 4.78 is 37.8. The number of nitrogens with one attached hydrogen (secondary N) is 2. The fourth-order valence-electron chi connectivity index (χ4n) is 2.66. The topological polar surface area (TPSA) is 114 Å². The van der Waals surface area contributed by atoms with Crippen molar-refractivity contribution >= 4 is 21.7 Å². The van der Waals surface area contributed by atoms with Gasteiger partial charge in [-0.3, -0.25) is 0 Å². The van der Waals surface area contributed by atoms with E-state index in [-0.39, 0.29) is 23.1 Å². The Labute approximate surface area is 153 Å². The molecule has 0 radical (unpaired) electrons. The number of carboxylic acids is 1. The molecule has 8 nitrogen and oxygen atoms in total. The van der Waals surface area contributed by atoms with Gasteiger partial charge in [0.15, 0.2) is 0 Å². The summed E-state index contributed by atoms with van der Waals surface area (Å²) in [6.07, 6.45) is 2.50. The first-order valence-corrected chi connectivity index (χ1v) is 10.2. The van der Waals surface area contributed by atoms with E-state index in [9.17, 15) is 18.3 Å². The molecule has 1 aromatic rings. The van der Waals surface area contributed by atoms with E-state index in [4.69, 9.17) is 9.47 Å². The molecule has 0 amide bonds. The van der Waals surface area contributed by atoms with Gasteiger partial charge in [0, 0.05) is 38.6 Å². The van der Waals surface area contributed by atoms with Crippen molar-refractivity contribution in [3.8, 4) is 0 Å². The van der Waals surface area contributed by atoms with Crippen LogP contribution in [0.15, 0.2) is 23.1 Å². The SMILES string of the molecule is CCOCCCNS(=O)(=O)c1ccc(NCC2CCCO2)c(C(=O)O)c1. The highest BCUT2D eigenvalue weighted by atomic mass is 32.2. The number of anilines is 1. The molecule has 146 valence electrons. The molecule has 1 aromatic carbocycles. The number of hydrogen-bond acceptors (Lipinski definition) is 6. The predicted molar refractivity (Wildman–Crippen MR) is 97.2 cm³/mol. The molecule has 0 saturated carbocycles. The average Bonchev–Trinajstić information content (AvgIpc) is 3.13. The van der Waals surface area contributed by atoms with Gasteiger partial charge >= 0.3 is 5.97 Å². The van der Waals surface area contributed by atoms with Gasteiger partial charge in [-0.25, -0.2) is 17.9 Å². The molecule has 0 aromatic heterocycles. The molecule has 1 fully saturated rings. The molecule has 9 heteroatoms. The maximum absolute atomic E-state index is 12.3. The van der Waals surface area contributed by atoms with Crippen LogP contribution in [0.3, 0.4) is 0 Å². The van der Waals surface area contributed by atoms with Crippen LogP contribution in [0, 0.1) is 0 Å². The average molecular weight is 386 g/mol. The zero-order valence-corrected chi connectivity index (χ0v) is 15.7. The minimum atomic E-state index is -3.77. The van der Waals surface area contributed by atoms with Crippen molar-refractivity contribution in [2.24, 2.45) is 0 Å². The Kier molecular flexibility index (Phi) is 7.83. The van der Waals surface area contributed by atoms with E-state index in [1.165, 1.54) is 18.2 Å². The van der Waals surface area contributed by atoms with Crippen molar-refractivity contribution in [3.63, 3.8) is 0 Å². The molecule has 1 saturated heterocycles. The number of carboxylic acid groups (broad SMARTS) is 1. The van der Waals surface area contributed by atoms with Gasteiger partial charge in [0.05, 0.1) is 16.6 Å². The molecule has 1 heterocycles. The van der Waals surface area contributed by atoms with Crippen LogP contribution in [0.2, 0.25) is 0 Å². The molecule has 1 aliphatic rings. The van der Waals surface area contributed by atoms with E-state index in [0.29, 0.717) is 38.5 Å². The van der Waals surface area contributed by atoms with Gasteiger partial charge in [-0.05, 0) is 44.4 Å². The van der Waals surface area contributed by atoms with Gasteiger partial charge in [-0.1, -0.05) is 0 Å². The van der Waals surface area contributed by atoms with E-state index in [1.54, 1.807) is 0 Å². The van der Waals surface area contributed by atoms with Crippen LogP contribution in [0.4, 0.5) is 5.69 Å². The third-order valence-corrected chi connectivity index (χ3v) is 5.50. The summed E-state index contributed by atoms with van der Waals surface area (Å²) in [7, 11) is -3.77. The van der Waals surface area contributed by atoms with Crippen LogP contribution >= 0.6 is 0 Å². The van der Waals surface area contributed by atoms with E-state index in [1.807, 2.05) is 6.92 Å². The Balaban J connectivity index is 2.04. The van der Waals surface area contributed by atoms with Gasteiger partial charge < -0.3 is 19.9 Å². The molecular formula is C17H26N2O6S. The maximum atomic E-state index is 12.3. The van der Waals surface area contributed by atoms with Crippen molar-refractivity contribution in [1.29, 1.82) is 0 Å². The van der Waals surface area contributed by atoms with Gasteiger partial charge in [0.25, 0.3) is 0 Å². The lowest BCUT2D eigenvalue weighted by Crippen LogP contribution is -2.26. The van der Waals surface area contributed by atoms with E-state index < -0.39 is 16.0 Å². The summed E-state index contributed by atoms with van der Waals surface area (Å²) in [6.45, 7) is 4.34. The molecular weight excluding hydrogens is 360 g/mol. The van der Waals surface area contributed by atoms with Gasteiger partial charge in [0.2, 0.25) is 10.0 Å². The Morgan fingerprint density at radius 1 is 1.42 bits per heavy atom. The van der Waals surface area contributed by atoms with Gasteiger partial charge in [0.1, 0.15) is 0 Å². The highest BCUT2D eigenvalue weighted by Crippen LogP contribution is 2.22. The molecule has 1 atom stereocenters.